The van der Waals surface area contributed by atoms with Crippen molar-refractivity contribution in [3.8, 4) is 5.75 Å². The van der Waals surface area contributed by atoms with E-state index in [0.717, 1.165) is 44.4 Å². The van der Waals surface area contributed by atoms with Crippen molar-refractivity contribution in [2.24, 2.45) is 0 Å². The highest BCUT2D eigenvalue weighted by Gasteiger charge is 2.17. The summed E-state index contributed by atoms with van der Waals surface area (Å²) in [7, 11) is 0. The minimum atomic E-state index is 0.708. The van der Waals surface area contributed by atoms with E-state index >= 15 is 0 Å². The summed E-state index contributed by atoms with van der Waals surface area (Å²) in [4.78, 5) is 9.12. The first-order valence-corrected chi connectivity index (χ1v) is 7.48. The van der Waals surface area contributed by atoms with Crippen molar-refractivity contribution in [1.29, 1.82) is 0 Å². The molecule has 0 spiro atoms. The van der Waals surface area contributed by atoms with Gasteiger partial charge in [0.05, 0.1) is 13.2 Å². The zero-order valence-corrected chi connectivity index (χ0v) is 11.9. The van der Waals surface area contributed by atoms with Crippen molar-refractivity contribution < 1.29 is 9.47 Å². The third-order valence-electron chi connectivity index (χ3n) is 3.85. The number of anilines is 1. The average molecular weight is 276 g/mol. The Morgan fingerprint density at radius 2 is 2.00 bits per heavy atom. The highest BCUT2D eigenvalue weighted by atomic mass is 16.5. The maximum absolute atomic E-state index is 5.91. The molecule has 0 bridgehead atoms. The van der Waals surface area contributed by atoms with Crippen LogP contribution in [0.2, 0.25) is 0 Å². The molecule has 5 nitrogen and oxygen atoms in total. The summed E-state index contributed by atoms with van der Waals surface area (Å²) in [5.74, 6) is 1.67. The molecule has 0 N–H and O–H groups in total. The first-order chi connectivity index (χ1) is 9.93. The number of hydrogen-bond donors (Lipinski definition) is 0. The molecule has 2 aliphatic heterocycles. The van der Waals surface area contributed by atoms with Crippen LogP contribution >= 0.6 is 0 Å². The Kier molecular flexibility index (Phi) is 4.71. The predicted octanol–water partition coefficient (Wildman–Crippen LogP) is 1.19. The minimum Gasteiger partial charge on any atom is -0.488 e. The van der Waals surface area contributed by atoms with Gasteiger partial charge in [0, 0.05) is 31.9 Å². The van der Waals surface area contributed by atoms with Gasteiger partial charge in [-0.1, -0.05) is 0 Å². The molecule has 1 aromatic rings. The van der Waals surface area contributed by atoms with Gasteiger partial charge in [-0.15, -0.1) is 0 Å². The van der Waals surface area contributed by atoms with Crippen molar-refractivity contribution >= 4 is 5.82 Å². The third-order valence-corrected chi connectivity index (χ3v) is 3.85. The summed E-state index contributed by atoms with van der Waals surface area (Å²) < 4.78 is 11.3. The van der Waals surface area contributed by atoms with Crippen molar-refractivity contribution in [1.82, 2.24) is 9.88 Å². The molecule has 0 aliphatic carbocycles. The third kappa shape index (κ3) is 3.41. The van der Waals surface area contributed by atoms with Gasteiger partial charge in [-0.05, 0) is 32.0 Å². The summed E-state index contributed by atoms with van der Waals surface area (Å²) in [5, 5.41) is 0. The van der Waals surface area contributed by atoms with Gasteiger partial charge in [-0.2, -0.15) is 0 Å². The molecular formula is C15H22N3O2. The molecule has 0 amide bonds. The van der Waals surface area contributed by atoms with Crippen LogP contribution in [0.15, 0.2) is 12.3 Å². The van der Waals surface area contributed by atoms with Crippen molar-refractivity contribution in [3.63, 3.8) is 0 Å². The fourth-order valence-electron chi connectivity index (χ4n) is 2.73. The van der Waals surface area contributed by atoms with Crippen LogP contribution in [0, 0.1) is 6.07 Å². The molecule has 3 rings (SSSR count). The monoisotopic (exact) mass is 276 g/mol. The van der Waals surface area contributed by atoms with E-state index in [1.807, 2.05) is 6.07 Å². The van der Waals surface area contributed by atoms with Crippen LogP contribution in [0.4, 0.5) is 5.82 Å². The molecule has 0 saturated carbocycles. The Labute approximate surface area is 120 Å². The maximum atomic E-state index is 5.91. The number of rotatable bonds is 5. The van der Waals surface area contributed by atoms with Crippen molar-refractivity contribution in [2.75, 3.05) is 57.4 Å². The van der Waals surface area contributed by atoms with E-state index in [9.17, 15) is 0 Å². The summed E-state index contributed by atoms with van der Waals surface area (Å²) in [6.45, 7) is 7.35. The van der Waals surface area contributed by atoms with E-state index in [4.69, 9.17) is 9.47 Å². The largest absolute Gasteiger partial charge is 0.488 e. The number of pyridine rings is 1. The van der Waals surface area contributed by atoms with Crippen molar-refractivity contribution in [3.05, 3.63) is 18.3 Å². The standard InChI is InChI=1S/C15H22N3O2/c1-2-7-17(6-1)8-13-20-14-4-3-5-16-15(14)18-9-11-19-12-10-18/h3,5H,1-2,6-13H2. The Morgan fingerprint density at radius 1 is 1.20 bits per heavy atom. The van der Waals surface area contributed by atoms with E-state index in [1.54, 1.807) is 6.20 Å². The molecule has 2 aliphatic rings. The second-order valence-electron chi connectivity index (χ2n) is 5.24. The fraction of sp³-hybridized carbons (Fsp3) is 0.667. The van der Waals surface area contributed by atoms with Crippen LogP contribution < -0.4 is 9.64 Å². The quantitative estimate of drug-likeness (QED) is 0.808. The molecule has 2 fully saturated rings. The van der Waals surface area contributed by atoms with E-state index < -0.39 is 0 Å². The van der Waals surface area contributed by atoms with Gasteiger partial charge in [0.2, 0.25) is 0 Å². The first kappa shape index (κ1) is 13.6. The Balaban J connectivity index is 1.57. The first-order valence-electron chi connectivity index (χ1n) is 7.48. The van der Waals surface area contributed by atoms with Gasteiger partial charge in [-0.25, -0.2) is 4.98 Å². The van der Waals surface area contributed by atoms with Gasteiger partial charge < -0.3 is 14.4 Å². The molecule has 5 heteroatoms. The lowest BCUT2D eigenvalue weighted by atomic mass is 10.3. The molecule has 1 aromatic heterocycles. The lowest BCUT2D eigenvalue weighted by Gasteiger charge is -2.29. The van der Waals surface area contributed by atoms with E-state index in [1.165, 1.54) is 25.9 Å². The molecule has 109 valence electrons. The number of hydrogen-bond acceptors (Lipinski definition) is 5. The second-order valence-corrected chi connectivity index (χ2v) is 5.24. The Hall–Kier alpha value is -1.33. The number of likely N-dealkylation sites (tertiary alicyclic amines) is 1. The summed E-state index contributed by atoms with van der Waals surface area (Å²) in [5.41, 5.74) is 0. The normalized spacial score (nSPS) is 20.3. The number of ether oxygens (including phenoxy) is 2. The number of morpholine rings is 1. The summed E-state index contributed by atoms with van der Waals surface area (Å²) in [6.07, 6.45) is 4.41. The fourth-order valence-corrected chi connectivity index (χ4v) is 2.73. The smallest absolute Gasteiger partial charge is 0.172 e. The van der Waals surface area contributed by atoms with Crippen LogP contribution in [0.3, 0.4) is 0 Å². The Morgan fingerprint density at radius 3 is 2.80 bits per heavy atom. The zero-order chi connectivity index (χ0) is 13.6. The van der Waals surface area contributed by atoms with Crippen LogP contribution in [0.5, 0.6) is 5.75 Å². The highest BCUT2D eigenvalue weighted by Crippen LogP contribution is 2.25. The average Bonchev–Trinajstić information content (AvgIpc) is 3.02. The van der Waals surface area contributed by atoms with Crippen LogP contribution in [0.25, 0.3) is 0 Å². The predicted molar refractivity (Wildman–Crippen MR) is 77.3 cm³/mol. The van der Waals surface area contributed by atoms with Gasteiger partial charge in [0.1, 0.15) is 6.61 Å². The topological polar surface area (TPSA) is 37.8 Å². The van der Waals surface area contributed by atoms with Crippen LogP contribution in [0.1, 0.15) is 12.8 Å². The van der Waals surface area contributed by atoms with Gasteiger partial charge in [-0.3, -0.25) is 4.90 Å². The summed E-state index contributed by atoms with van der Waals surface area (Å²) >= 11 is 0. The lowest BCUT2D eigenvalue weighted by Crippen LogP contribution is -2.37. The zero-order valence-electron chi connectivity index (χ0n) is 11.9. The molecule has 0 unspecified atom stereocenters. The van der Waals surface area contributed by atoms with Crippen LogP contribution in [-0.2, 0) is 4.74 Å². The van der Waals surface area contributed by atoms with Crippen molar-refractivity contribution in [2.45, 2.75) is 12.8 Å². The number of nitrogens with zero attached hydrogens (tertiary/aromatic N) is 3. The molecule has 0 atom stereocenters. The molecule has 20 heavy (non-hydrogen) atoms. The van der Waals surface area contributed by atoms with Gasteiger partial charge in [0.15, 0.2) is 11.6 Å². The van der Waals surface area contributed by atoms with Gasteiger partial charge in [0.25, 0.3) is 0 Å². The maximum Gasteiger partial charge on any atom is 0.172 e. The SMILES string of the molecule is [c]1ccnc(N2CCOCC2)c1OCCN1CCCC1. The molecule has 1 radical (unpaired) electrons. The van der Waals surface area contributed by atoms with E-state index in [2.05, 4.69) is 20.9 Å². The Bertz CT molecular complexity index is 415. The molecular weight excluding hydrogens is 254 g/mol. The van der Waals surface area contributed by atoms with Crippen LogP contribution in [-0.4, -0.2) is 62.4 Å². The van der Waals surface area contributed by atoms with Gasteiger partial charge >= 0.3 is 0 Å². The molecule has 2 saturated heterocycles. The second kappa shape index (κ2) is 6.90. The lowest BCUT2D eigenvalue weighted by molar-refractivity contribution is 0.122. The number of aromatic nitrogens is 1. The summed E-state index contributed by atoms with van der Waals surface area (Å²) in [6, 6.07) is 4.99. The van der Waals surface area contributed by atoms with E-state index in [0.29, 0.717) is 6.61 Å². The molecule has 0 aromatic carbocycles. The minimum absolute atomic E-state index is 0.708. The van der Waals surface area contributed by atoms with E-state index in [-0.39, 0.29) is 0 Å². The molecule has 3 heterocycles. The highest BCUT2D eigenvalue weighted by molar-refractivity contribution is 5.51.